The largest absolute Gasteiger partial charge is 0.290 e. The molecule has 0 heterocycles. The van der Waals surface area contributed by atoms with Crippen molar-refractivity contribution in [2.45, 2.75) is 13.3 Å². The van der Waals surface area contributed by atoms with Crippen LogP contribution in [0.4, 0.5) is 0 Å². The van der Waals surface area contributed by atoms with Gasteiger partial charge in [0.2, 0.25) is 0 Å². The SMILES string of the molecule is C#CC1=CC=CC=C(/C=C/C=C/C(=O)/C=C/C=C/C=C(/C)C#C)C1. The third-order valence-corrected chi connectivity index (χ3v) is 3.04. The average molecular weight is 312 g/mol. The molecule has 0 aromatic heterocycles. The Bertz CT molecular complexity index is 773. The van der Waals surface area contributed by atoms with Gasteiger partial charge < -0.3 is 0 Å². The van der Waals surface area contributed by atoms with E-state index in [0.717, 1.165) is 23.1 Å². The van der Waals surface area contributed by atoms with E-state index in [2.05, 4.69) is 11.8 Å². The summed E-state index contributed by atoms with van der Waals surface area (Å²) in [5.41, 5.74) is 2.87. The van der Waals surface area contributed by atoms with Gasteiger partial charge in [0.15, 0.2) is 5.78 Å². The van der Waals surface area contributed by atoms with Gasteiger partial charge in [-0.15, -0.1) is 12.8 Å². The molecule has 0 aliphatic heterocycles. The van der Waals surface area contributed by atoms with E-state index in [1.165, 1.54) is 12.2 Å². The van der Waals surface area contributed by atoms with Gasteiger partial charge in [0.05, 0.1) is 0 Å². The molecule has 0 amide bonds. The predicted octanol–water partition coefficient (Wildman–Crippen LogP) is 4.81. The van der Waals surface area contributed by atoms with E-state index in [1.807, 2.05) is 43.4 Å². The van der Waals surface area contributed by atoms with Gasteiger partial charge in [-0.05, 0) is 30.2 Å². The zero-order valence-corrected chi connectivity index (χ0v) is 13.8. The first-order chi connectivity index (χ1) is 11.7. The van der Waals surface area contributed by atoms with Crippen LogP contribution in [0.25, 0.3) is 0 Å². The highest BCUT2D eigenvalue weighted by atomic mass is 16.1. The number of ketones is 1. The molecule has 0 spiro atoms. The molecule has 24 heavy (non-hydrogen) atoms. The summed E-state index contributed by atoms with van der Waals surface area (Å²) in [6, 6.07) is 0. The second kappa shape index (κ2) is 11.3. The van der Waals surface area contributed by atoms with Crippen molar-refractivity contribution in [1.82, 2.24) is 0 Å². The van der Waals surface area contributed by atoms with Crippen LogP contribution in [0.3, 0.4) is 0 Å². The summed E-state index contributed by atoms with van der Waals surface area (Å²) < 4.78 is 0. The van der Waals surface area contributed by atoms with Crippen LogP contribution < -0.4 is 0 Å². The van der Waals surface area contributed by atoms with Gasteiger partial charge in [-0.3, -0.25) is 4.79 Å². The first-order valence-corrected chi connectivity index (χ1v) is 7.55. The second-order valence-corrected chi connectivity index (χ2v) is 5.00. The van der Waals surface area contributed by atoms with Crippen molar-refractivity contribution in [2.24, 2.45) is 0 Å². The average Bonchev–Trinajstić information content (AvgIpc) is 2.83. The van der Waals surface area contributed by atoms with E-state index in [4.69, 9.17) is 12.8 Å². The summed E-state index contributed by atoms with van der Waals surface area (Å²) >= 11 is 0. The van der Waals surface area contributed by atoms with E-state index in [1.54, 1.807) is 30.4 Å². The Balaban J connectivity index is 2.50. The van der Waals surface area contributed by atoms with Crippen LogP contribution in [0.15, 0.2) is 95.7 Å². The molecule has 1 rings (SSSR count). The van der Waals surface area contributed by atoms with E-state index < -0.39 is 0 Å². The van der Waals surface area contributed by atoms with Gasteiger partial charge in [0.25, 0.3) is 0 Å². The highest BCUT2D eigenvalue weighted by molar-refractivity contribution is 5.99. The lowest BCUT2D eigenvalue weighted by Crippen LogP contribution is -1.83. The number of rotatable bonds is 6. The van der Waals surface area contributed by atoms with Crippen molar-refractivity contribution < 1.29 is 4.79 Å². The molecule has 1 nitrogen and oxygen atoms in total. The van der Waals surface area contributed by atoms with Gasteiger partial charge in [0.1, 0.15) is 0 Å². The van der Waals surface area contributed by atoms with Gasteiger partial charge in [-0.2, -0.15) is 0 Å². The topological polar surface area (TPSA) is 17.1 Å². The number of hydrogen-bond acceptors (Lipinski definition) is 1. The summed E-state index contributed by atoms with van der Waals surface area (Å²) in [5.74, 6) is 5.09. The summed E-state index contributed by atoms with van der Waals surface area (Å²) in [4.78, 5) is 11.7. The van der Waals surface area contributed by atoms with Crippen LogP contribution in [-0.4, -0.2) is 5.78 Å². The lowest BCUT2D eigenvalue weighted by Gasteiger charge is -1.98. The fraction of sp³-hybridized carbons (Fsp3) is 0.0870. The molecule has 0 radical (unpaired) electrons. The highest BCUT2D eigenvalue weighted by Crippen LogP contribution is 2.15. The Morgan fingerprint density at radius 3 is 2.46 bits per heavy atom. The molecule has 0 unspecified atom stereocenters. The maximum absolute atomic E-state index is 11.7. The van der Waals surface area contributed by atoms with Crippen molar-refractivity contribution in [2.75, 3.05) is 0 Å². The minimum absolute atomic E-state index is 0.0825. The molecular weight excluding hydrogens is 292 g/mol. The van der Waals surface area contributed by atoms with Crippen LogP contribution in [0.5, 0.6) is 0 Å². The minimum atomic E-state index is -0.0825. The van der Waals surface area contributed by atoms with E-state index in [-0.39, 0.29) is 5.78 Å². The third-order valence-electron chi connectivity index (χ3n) is 3.04. The van der Waals surface area contributed by atoms with Crippen molar-refractivity contribution >= 4 is 5.78 Å². The first-order valence-electron chi connectivity index (χ1n) is 7.55. The molecule has 118 valence electrons. The lowest BCUT2D eigenvalue weighted by atomic mass is 10.1. The summed E-state index contributed by atoms with van der Waals surface area (Å²) in [6.45, 7) is 1.84. The normalized spacial score (nSPS) is 15.5. The van der Waals surface area contributed by atoms with Crippen LogP contribution in [-0.2, 0) is 4.79 Å². The van der Waals surface area contributed by atoms with E-state index in [0.29, 0.717) is 0 Å². The molecule has 0 N–H and O–H groups in total. The van der Waals surface area contributed by atoms with Crippen molar-refractivity contribution in [3.05, 3.63) is 95.7 Å². The molecule has 0 fully saturated rings. The fourth-order valence-corrected chi connectivity index (χ4v) is 1.75. The summed E-state index contributed by atoms with van der Waals surface area (Å²) in [6.07, 6.45) is 34.7. The molecule has 0 bridgehead atoms. The molecule has 1 aliphatic carbocycles. The van der Waals surface area contributed by atoms with Crippen LogP contribution >= 0.6 is 0 Å². The second-order valence-electron chi connectivity index (χ2n) is 5.00. The molecule has 0 saturated carbocycles. The maximum atomic E-state index is 11.7. The van der Waals surface area contributed by atoms with Crippen molar-refractivity contribution in [3.8, 4) is 24.7 Å². The summed E-state index contributed by atoms with van der Waals surface area (Å²) in [5, 5.41) is 0. The molecule has 0 aromatic rings. The quantitative estimate of drug-likeness (QED) is 0.391. The zero-order chi connectivity index (χ0) is 17.6. The Morgan fingerprint density at radius 1 is 1.04 bits per heavy atom. The number of carbonyl (C=O) groups excluding carboxylic acids is 1. The van der Waals surface area contributed by atoms with Gasteiger partial charge in [-0.1, -0.05) is 78.7 Å². The Labute approximate surface area is 144 Å². The predicted molar refractivity (Wildman–Crippen MR) is 103 cm³/mol. The molecule has 1 aliphatic rings. The number of terminal acetylenes is 2. The van der Waals surface area contributed by atoms with E-state index in [9.17, 15) is 4.79 Å². The van der Waals surface area contributed by atoms with Crippen LogP contribution in [0, 0.1) is 24.7 Å². The number of allylic oxidation sites excluding steroid dienone is 16. The molecule has 0 atom stereocenters. The standard InChI is InChI=1S/C23H20O/c1-4-20(3)13-7-6-8-17-23(24)18-12-11-16-22-15-10-9-14-21(5-2)19-22/h1-2,6-18H,19H2,3H3/b7-6+,16-11+,17-8+,18-12+,20-13-. The molecule has 0 aromatic carbocycles. The maximum Gasteiger partial charge on any atom is 0.178 e. The zero-order valence-electron chi connectivity index (χ0n) is 13.8. The van der Waals surface area contributed by atoms with Crippen molar-refractivity contribution in [1.29, 1.82) is 0 Å². The Hall–Kier alpha value is -3.29. The minimum Gasteiger partial charge on any atom is -0.290 e. The monoisotopic (exact) mass is 312 g/mol. The molecule has 0 saturated heterocycles. The fourth-order valence-electron chi connectivity index (χ4n) is 1.75. The van der Waals surface area contributed by atoms with Gasteiger partial charge in [0, 0.05) is 12.0 Å². The molecule has 1 heteroatoms. The van der Waals surface area contributed by atoms with E-state index >= 15 is 0 Å². The van der Waals surface area contributed by atoms with Crippen molar-refractivity contribution in [3.63, 3.8) is 0 Å². The first kappa shape index (κ1) is 18.8. The smallest absolute Gasteiger partial charge is 0.178 e. The van der Waals surface area contributed by atoms with Gasteiger partial charge in [-0.25, -0.2) is 0 Å². The van der Waals surface area contributed by atoms with Crippen LogP contribution in [0.2, 0.25) is 0 Å². The van der Waals surface area contributed by atoms with Crippen LogP contribution in [0.1, 0.15) is 13.3 Å². The highest BCUT2D eigenvalue weighted by Gasteiger charge is 1.97. The number of hydrogen-bond donors (Lipinski definition) is 0. The molecular formula is C23H20O. The Kier molecular flexibility index (Phi) is 8.83. The Morgan fingerprint density at radius 2 is 1.75 bits per heavy atom. The van der Waals surface area contributed by atoms with Gasteiger partial charge >= 0.3 is 0 Å². The summed E-state index contributed by atoms with van der Waals surface area (Å²) in [7, 11) is 0. The number of carbonyl (C=O) groups is 1. The lowest BCUT2D eigenvalue weighted by molar-refractivity contribution is -0.110. The third kappa shape index (κ3) is 8.23.